The molecule has 3 rings (SSSR count). The van der Waals surface area contributed by atoms with Crippen LogP contribution in [-0.2, 0) is 4.79 Å². The van der Waals surface area contributed by atoms with Crippen LogP contribution in [0.4, 0.5) is 5.69 Å². The zero-order chi connectivity index (χ0) is 21.0. The highest BCUT2D eigenvalue weighted by Crippen LogP contribution is 2.27. The maximum absolute atomic E-state index is 12.9. The molecule has 0 aromatic heterocycles. The largest absolute Gasteiger partial charge is 0.336 e. The second-order valence-electron chi connectivity index (χ2n) is 8.05. The third-order valence-corrected chi connectivity index (χ3v) is 5.72. The third-order valence-electron chi connectivity index (χ3n) is 5.72. The fourth-order valence-corrected chi connectivity index (χ4v) is 3.81. The Hall–Kier alpha value is -2.66. The zero-order valence-electron chi connectivity index (χ0n) is 17.8. The Kier molecular flexibility index (Phi) is 6.70. The van der Waals surface area contributed by atoms with Crippen molar-refractivity contribution in [2.45, 2.75) is 39.7 Å². The number of hydrogen-bond donors (Lipinski definition) is 1. The first-order valence-corrected chi connectivity index (χ1v) is 10.4. The van der Waals surface area contributed by atoms with E-state index in [0.29, 0.717) is 37.7 Å². The molecule has 0 unspecified atom stereocenters. The van der Waals surface area contributed by atoms with Crippen LogP contribution < -0.4 is 5.32 Å². The molecule has 1 aliphatic rings. The van der Waals surface area contributed by atoms with Gasteiger partial charge in [0.2, 0.25) is 5.91 Å². The van der Waals surface area contributed by atoms with Gasteiger partial charge in [-0.15, -0.1) is 0 Å². The molecule has 29 heavy (non-hydrogen) atoms. The second kappa shape index (κ2) is 9.23. The van der Waals surface area contributed by atoms with Crippen LogP contribution >= 0.6 is 0 Å². The van der Waals surface area contributed by atoms with Crippen LogP contribution in [0.25, 0.3) is 0 Å². The molecule has 1 N–H and O–H groups in total. The molecule has 1 atom stereocenters. The molecule has 5 nitrogen and oxygen atoms in total. The topological polar surface area (TPSA) is 52.7 Å². The highest BCUT2D eigenvalue weighted by Gasteiger charge is 2.28. The Balaban J connectivity index is 1.60. The minimum absolute atomic E-state index is 0.00374. The highest BCUT2D eigenvalue weighted by atomic mass is 16.2. The van der Waals surface area contributed by atoms with Gasteiger partial charge in [-0.3, -0.25) is 14.5 Å². The highest BCUT2D eigenvalue weighted by molar-refractivity contribution is 5.96. The molecule has 1 aliphatic heterocycles. The van der Waals surface area contributed by atoms with Crippen LogP contribution in [0.1, 0.15) is 48.2 Å². The maximum atomic E-state index is 12.9. The van der Waals surface area contributed by atoms with Gasteiger partial charge in [-0.25, -0.2) is 0 Å². The monoisotopic (exact) mass is 393 g/mol. The molecule has 1 heterocycles. The molecular formula is C24H31N3O2. The van der Waals surface area contributed by atoms with E-state index in [2.05, 4.69) is 30.1 Å². The first-order valence-electron chi connectivity index (χ1n) is 10.4. The van der Waals surface area contributed by atoms with Crippen molar-refractivity contribution >= 4 is 17.5 Å². The number of nitrogens with one attached hydrogen (secondary N) is 1. The number of amides is 2. The number of anilines is 1. The number of rotatable bonds is 5. The molecule has 2 aromatic carbocycles. The molecule has 2 aromatic rings. The van der Waals surface area contributed by atoms with Crippen LogP contribution in [0, 0.1) is 6.92 Å². The van der Waals surface area contributed by atoms with Crippen LogP contribution in [0.2, 0.25) is 0 Å². The SMILES string of the molecule is Cc1cccc(C(C)C)c1NC(=O)[C@@H](C)N1CCN(C(=O)c2ccccc2)CC1. The summed E-state index contributed by atoms with van der Waals surface area (Å²) in [6, 6.07) is 15.3. The van der Waals surface area contributed by atoms with Crippen LogP contribution in [0.5, 0.6) is 0 Å². The Morgan fingerprint density at radius 1 is 0.897 bits per heavy atom. The third kappa shape index (κ3) is 4.85. The second-order valence-corrected chi connectivity index (χ2v) is 8.05. The Bertz CT molecular complexity index is 856. The number of carbonyl (C=O) groups is 2. The molecule has 0 radical (unpaired) electrons. The van der Waals surface area contributed by atoms with Gasteiger partial charge in [-0.2, -0.15) is 0 Å². The van der Waals surface area contributed by atoms with E-state index in [1.807, 2.05) is 61.2 Å². The van der Waals surface area contributed by atoms with Gasteiger partial charge in [0.05, 0.1) is 6.04 Å². The van der Waals surface area contributed by atoms with Crippen molar-refractivity contribution in [3.8, 4) is 0 Å². The van der Waals surface area contributed by atoms with Crippen molar-refractivity contribution < 1.29 is 9.59 Å². The predicted octanol–water partition coefficient (Wildman–Crippen LogP) is 3.90. The fraction of sp³-hybridized carbons (Fsp3) is 0.417. The number of aryl methyl sites for hydroxylation is 1. The van der Waals surface area contributed by atoms with Crippen molar-refractivity contribution in [2.75, 3.05) is 31.5 Å². The van der Waals surface area contributed by atoms with Gasteiger partial charge in [0.25, 0.3) is 5.91 Å². The van der Waals surface area contributed by atoms with E-state index in [1.165, 1.54) is 0 Å². The van der Waals surface area contributed by atoms with Gasteiger partial charge in [0, 0.05) is 37.4 Å². The van der Waals surface area contributed by atoms with E-state index in [0.717, 1.165) is 16.8 Å². The van der Waals surface area contributed by atoms with Crippen LogP contribution in [-0.4, -0.2) is 53.8 Å². The summed E-state index contributed by atoms with van der Waals surface area (Å²) in [6.45, 7) is 10.9. The van der Waals surface area contributed by atoms with Crippen molar-refractivity contribution in [3.63, 3.8) is 0 Å². The van der Waals surface area contributed by atoms with E-state index < -0.39 is 0 Å². The van der Waals surface area contributed by atoms with Gasteiger partial charge in [-0.05, 0) is 43.0 Å². The number of carbonyl (C=O) groups excluding carboxylic acids is 2. The van der Waals surface area contributed by atoms with Gasteiger partial charge in [-0.1, -0.05) is 50.2 Å². The van der Waals surface area contributed by atoms with Crippen molar-refractivity contribution in [3.05, 3.63) is 65.2 Å². The number of nitrogens with zero attached hydrogens (tertiary/aromatic N) is 2. The molecule has 1 fully saturated rings. The Morgan fingerprint density at radius 3 is 2.17 bits per heavy atom. The molecule has 1 saturated heterocycles. The maximum Gasteiger partial charge on any atom is 0.253 e. The van der Waals surface area contributed by atoms with Gasteiger partial charge in [0.1, 0.15) is 0 Å². The summed E-state index contributed by atoms with van der Waals surface area (Å²) >= 11 is 0. The van der Waals surface area contributed by atoms with Gasteiger partial charge in [0.15, 0.2) is 0 Å². The zero-order valence-corrected chi connectivity index (χ0v) is 17.8. The molecule has 2 amide bonds. The molecule has 0 saturated carbocycles. The normalized spacial score (nSPS) is 16.0. The average Bonchev–Trinajstić information content (AvgIpc) is 2.74. The van der Waals surface area contributed by atoms with Gasteiger partial charge < -0.3 is 10.2 Å². The minimum atomic E-state index is -0.247. The van der Waals surface area contributed by atoms with E-state index in [4.69, 9.17) is 0 Å². The lowest BCUT2D eigenvalue weighted by atomic mass is 9.98. The summed E-state index contributed by atoms with van der Waals surface area (Å²) < 4.78 is 0. The quantitative estimate of drug-likeness (QED) is 0.838. The summed E-state index contributed by atoms with van der Waals surface area (Å²) in [7, 11) is 0. The molecule has 0 spiro atoms. The summed E-state index contributed by atoms with van der Waals surface area (Å²) in [5.41, 5.74) is 3.88. The standard InChI is InChI=1S/C24H31N3O2/c1-17(2)21-12-8-9-18(3)22(21)25-23(28)19(4)26-13-15-27(16-14-26)24(29)20-10-6-5-7-11-20/h5-12,17,19H,13-16H2,1-4H3,(H,25,28)/t19-/m1/s1. The molecular weight excluding hydrogens is 362 g/mol. The lowest BCUT2D eigenvalue weighted by molar-refractivity contribution is -0.121. The first-order chi connectivity index (χ1) is 13.9. The lowest BCUT2D eigenvalue weighted by Crippen LogP contribution is -2.54. The summed E-state index contributed by atoms with van der Waals surface area (Å²) in [6.07, 6.45) is 0. The van der Waals surface area contributed by atoms with Crippen molar-refractivity contribution in [1.82, 2.24) is 9.80 Å². The predicted molar refractivity (Wildman–Crippen MR) is 117 cm³/mol. The average molecular weight is 394 g/mol. The van der Waals surface area contributed by atoms with Crippen molar-refractivity contribution in [2.24, 2.45) is 0 Å². The summed E-state index contributed by atoms with van der Waals surface area (Å²) in [5.74, 6) is 0.404. The van der Waals surface area contributed by atoms with Crippen LogP contribution in [0.15, 0.2) is 48.5 Å². The summed E-state index contributed by atoms with van der Waals surface area (Å²) in [5, 5.41) is 3.16. The number of piperazine rings is 1. The van der Waals surface area contributed by atoms with Crippen molar-refractivity contribution in [1.29, 1.82) is 0 Å². The van der Waals surface area contributed by atoms with E-state index in [9.17, 15) is 9.59 Å². The summed E-state index contributed by atoms with van der Waals surface area (Å²) in [4.78, 5) is 29.6. The smallest absolute Gasteiger partial charge is 0.253 e. The minimum Gasteiger partial charge on any atom is -0.336 e. The van der Waals surface area contributed by atoms with E-state index in [-0.39, 0.29) is 17.9 Å². The Labute approximate surface area is 173 Å². The van der Waals surface area contributed by atoms with Crippen LogP contribution in [0.3, 0.4) is 0 Å². The van der Waals surface area contributed by atoms with E-state index >= 15 is 0 Å². The molecule has 154 valence electrons. The number of benzene rings is 2. The lowest BCUT2D eigenvalue weighted by Gasteiger charge is -2.37. The molecule has 5 heteroatoms. The number of hydrogen-bond acceptors (Lipinski definition) is 3. The molecule has 0 aliphatic carbocycles. The fourth-order valence-electron chi connectivity index (χ4n) is 3.81. The number of para-hydroxylation sites is 1. The first kappa shape index (κ1) is 21.1. The Morgan fingerprint density at radius 2 is 1.55 bits per heavy atom. The van der Waals surface area contributed by atoms with Gasteiger partial charge >= 0.3 is 0 Å². The van der Waals surface area contributed by atoms with E-state index in [1.54, 1.807) is 0 Å². The molecule has 0 bridgehead atoms.